The van der Waals surface area contributed by atoms with Gasteiger partial charge in [0, 0.05) is 11.3 Å². The summed E-state index contributed by atoms with van der Waals surface area (Å²) >= 11 is 0. The Morgan fingerprint density at radius 1 is 1.07 bits per heavy atom. The predicted molar refractivity (Wildman–Crippen MR) is 65.6 cm³/mol. The fourth-order valence-electron chi connectivity index (χ4n) is 2.08. The van der Waals surface area contributed by atoms with Crippen molar-refractivity contribution in [2.75, 3.05) is 0 Å². The fourth-order valence-corrected chi connectivity index (χ4v) is 2.08. The molecular formula is C14H19N. The molecule has 1 nitrogen and oxygen atoms in total. The zero-order valence-corrected chi connectivity index (χ0v) is 10.0. The van der Waals surface area contributed by atoms with E-state index in [1.54, 1.807) is 0 Å². The monoisotopic (exact) mass is 201 g/mol. The van der Waals surface area contributed by atoms with Crippen LogP contribution in [0.4, 0.5) is 0 Å². The molecule has 0 spiro atoms. The van der Waals surface area contributed by atoms with E-state index in [1.807, 2.05) is 0 Å². The van der Waals surface area contributed by atoms with Crippen molar-refractivity contribution in [3.63, 3.8) is 0 Å². The van der Waals surface area contributed by atoms with Crippen LogP contribution in [-0.4, -0.2) is 5.71 Å². The standard InChI is InChI=1S/C14H19N/c1-9(2)11-5-6-12-8-15-14(10(3)4)13(12)7-11/h5-7,9-10H,8H2,1-4H3. The Morgan fingerprint density at radius 2 is 1.80 bits per heavy atom. The number of hydrogen-bond donors (Lipinski definition) is 0. The number of benzene rings is 1. The van der Waals surface area contributed by atoms with E-state index in [2.05, 4.69) is 50.9 Å². The molecular weight excluding hydrogens is 182 g/mol. The highest BCUT2D eigenvalue weighted by Crippen LogP contribution is 2.26. The van der Waals surface area contributed by atoms with E-state index in [-0.39, 0.29) is 0 Å². The van der Waals surface area contributed by atoms with Crippen LogP contribution in [-0.2, 0) is 6.54 Å². The molecule has 1 aromatic carbocycles. The third-order valence-electron chi connectivity index (χ3n) is 3.04. The Labute approximate surface area is 92.2 Å². The van der Waals surface area contributed by atoms with Gasteiger partial charge in [0.05, 0.1) is 6.54 Å². The number of rotatable bonds is 2. The van der Waals surface area contributed by atoms with Crippen molar-refractivity contribution >= 4 is 5.71 Å². The minimum Gasteiger partial charge on any atom is -0.284 e. The highest BCUT2D eigenvalue weighted by Gasteiger charge is 2.18. The summed E-state index contributed by atoms with van der Waals surface area (Å²) in [6.07, 6.45) is 0. The molecule has 0 saturated heterocycles. The maximum atomic E-state index is 4.62. The van der Waals surface area contributed by atoms with Crippen LogP contribution < -0.4 is 0 Å². The Kier molecular flexibility index (Phi) is 2.64. The Morgan fingerprint density at radius 3 is 2.40 bits per heavy atom. The molecule has 1 aliphatic rings. The first-order valence-corrected chi connectivity index (χ1v) is 5.77. The van der Waals surface area contributed by atoms with Gasteiger partial charge in [-0.05, 0) is 29.0 Å². The number of aliphatic imine (C=N–C) groups is 1. The second kappa shape index (κ2) is 3.80. The highest BCUT2D eigenvalue weighted by atomic mass is 14.8. The lowest BCUT2D eigenvalue weighted by Gasteiger charge is -2.11. The quantitative estimate of drug-likeness (QED) is 0.690. The lowest BCUT2D eigenvalue weighted by molar-refractivity contribution is 0.862. The van der Waals surface area contributed by atoms with E-state index in [0.29, 0.717) is 11.8 Å². The molecule has 1 heteroatoms. The molecule has 0 amide bonds. The smallest absolute Gasteiger partial charge is 0.0649 e. The molecule has 1 aromatic rings. The second-order valence-electron chi connectivity index (χ2n) is 4.93. The van der Waals surface area contributed by atoms with Gasteiger partial charge in [-0.15, -0.1) is 0 Å². The summed E-state index contributed by atoms with van der Waals surface area (Å²) in [5, 5.41) is 0. The van der Waals surface area contributed by atoms with Gasteiger partial charge in [-0.3, -0.25) is 4.99 Å². The SMILES string of the molecule is CC(C)C1=NCc2ccc(C(C)C)cc21. The zero-order valence-electron chi connectivity index (χ0n) is 10.0. The average Bonchev–Trinajstić information content (AvgIpc) is 2.59. The minimum atomic E-state index is 0.536. The fraction of sp³-hybridized carbons (Fsp3) is 0.500. The first-order valence-electron chi connectivity index (χ1n) is 5.77. The molecule has 0 aromatic heterocycles. The van der Waals surface area contributed by atoms with Gasteiger partial charge < -0.3 is 0 Å². The van der Waals surface area contributed by atoms with Gasteiger partial charge in [-0.1, -0.05) is 39.8 Å². The lowest BCUT2D eigenvalue weighted by atomic mass is 9.93. The third-order valence-corrected chi connectivity index (χ3v) is 3.04. The third kappa shape index (κ3) is 1.83. The minimum absolute atomic E-state index is 0.536. The van der Waals surface area contributed by atoms with Crippen molar-refractivity contribution in [1.82, 2.24) is 0 Å². The summed E-state index contributed by atoms with van der Waals surface area (Å²) in [4.78, 5) is 4.62. The van der Waals surface area contributed by atoms with Crippen LogP contribution in [0.3, 0.4) is 0 Å². The zero-order chi connectivity index (χ0) is 11.0. The van der Waals surface area contributed by atoms with Crippen molar-refractivity contribution in [3.8, 4) is 0 Å². The van der Waals surface area contributed by atoms with E-state index >= 15 is 0 Å². The molecule has 0 saturated carbocycles. The molecule has 0 fully saturated rings. The molecule has 0 aliphatic carbocycles. The lowest BCUT2D eigenvalue weighted by Crippen LogP contribution is -2.07. The Bertz CT molecular complexity index is 400. The van der Waals surface area contributed by atoms with E-state index < -0.39 is 0 Å². The molecule has 0 atom stereocenters. The van der Waals surface area contributed by atoms with Crippen molar-refractivity contribution in [2.24, 2.45) is 10.9 Å². The normalized spacial score (nSPS) is 14.7. The van der Waals surface area contributed by atoms with E-state index in [1.165, 1.54) is 22.4 Å². The molecule has 1 heterocycles. The van der Waals surface area contributed by atoms with Crippen molar-refractivity contribution < 1.29 is 0 Å². The van der Waals surface area contributed by atoms with Crippen molar-refractivity contribution in [1.29, 1.82) is 0 Å². The molecule has 15 heavy (non-hydrogen) atoms. The first kappa shape index (κ1) is 10.4. The van der Waals surface area contributed by atoms with Gasteiger partial charge in [0.1, 0.15) is 0 Å². The van der Waals surface area contributed by atoms with E-state index in [4.69, 9.17) is 0 Å². The van der Waals surface area contributed by atoms with E-state index in [0.717, 1.165) is 6.54 Å². The maximum Gasteiger partial charge on any atom is 0.0649 e. The number of fused-ring (bicyclic) bond motifs is 1. The second-order valence-corrected chi connectivity index (χ2v) is 4.93. The van der Waals surface area contributed by atoms with Crippen LogP contribution in [0, 0.1) is 5.92 Å². The van der Waals surface area contributed by atoms with Gasteiger partial charge in [0.25, 0.3) is 0 Å². The Hall–Kier alpha value is -1.11. The summed E-state index contributed by atoms with van der Waals surface area (Å²) in [6.45, 7) is 9.79. The van der Waals surface area contributed by atoms with Crippen molar-refractivity contribution in [3.05, 3.63) is 34.9 Å². The van der Waals surface area contributed by atoms with Gasteiger partial charge in [-0.25, -0.2) is 0 Å². The van der Waals surface area contributed by atoms with Gasteiger partial charge in [-0.2, -0.15) is 0 Å². The molecule has 2 rings (SSSR count). The van der Waals surface area contributed by atoms with Gasteiger partial charge in [0.2, 0.25) is 0 Å². The molecule has 1 aliphatic heterocycles. The van der Waals surface area contributed by atoms with Crippen LogP contribution >= 0.6 is 0 Å². The van der Waals surface area contributed by atoms with E-state index in [9.17, 15) is 0 Å². The highest BCUT2D eigenvalue weighted by molar-refractivity contribution is 6.05. The van der Waals surface area contributed by atoms with Crippen molar-refractivity contribution in [2.45, 2.75) is 40.2 Å². The predicted octanol–water partition coefficient (Wildman–Crippen LogP) is 3.77. The topological polar surface area (TPSA) is 12.4 Å². The molecule has 80 valence electrons. The molecule has 0 radical (unpaired) electrons. The largest absolute Gasteiger partial charge is 0.284 e. The van der Waals surface area contributed by atoms with Crippen LogP contribution in [0.5, 0.6) is 0 Å². The number of nitrogens with zero attached hydrogens (tertiary/aromatic N) is 1. The summed E-state index contributed by atoms with van der Waals surface area (Å²) in [5.74, 6) is 1.14. The molecule has 0 unspecified atom stereocenters. The van der Waals surface area contributed by atoms with Crippen LogP contribution in [0.1, 0.15) is 50.3 Å². The number of hydrogen-bond acceptors (Lipinski definition) is 1. The summed E-state index contributed by atoms with van der Waals surface area (Å²) in [5.41, 5.74) is 5.48. The van der Waals surface area contributed by atoms with Gasteiger partial charge >= 0.3 is 0 Å². The first-order chi connectivity index (χ1) is 7.09. The summed E-state index contributed by atoms with van der Waals surface area (Å²) in [6, 6.07) is 6.80. The maximum absolute atomic E-state index is 4.62. The van der Waals surface area contributed by atoms with Crippen LogP contribution in [0.25, 0.3) is 0 Å². The summed E-state index contributed by atoms with van der Waals surface area (Å²) in [7, 11) is 0. The average molecular weight is 201 g/mol. The van der Waals surface area contributed by atoms with Crippen LogP contribution in [0.15, 0.2) is 23.2 Å². The molecule has 0 bridgehead atoms. The van der Waals surface area contributed by atoms with Crippen LogP contribution in [0.2, 0.25) is 0 Å². The molecule has 0 N–H and O–H groups in total. The van der Waals surface area contributed by atoms with Gasteiger partial charge in [0.15, 0.2) is 0 Å². The summed E-state index contributed by atoms with van der Waals surface area (Å²) < 4.78 is 0. The Balaban J connectivity index is 2.43.